The van der Waals surface area contributed by atoms with E-state index in [2.05, 4.69) is 15.0 Å². The topological polar surface area (TPSA) is 60.0 Å². The molecule has 0 unspecified atom stereocenters. The zero-order chi connectivity index (χ0) is 24.0. The van der Waals surface area contributed by atoms with Crippen LogP contribution in [0.4, 0.5) is 26.3 Å². The van der Waals surface area contributed by atoms with E-state index < -0.39 is 36.0 Å². The lowest BCUT2D eigenvalue weighted by molar-refractivity contribution is -0.138. The van der Waals surface area contributed by atoms with Gasteiger partial charge in [-0.1, -0.05) is 11.6 Å². The summed E-state index contributed by atoms with van der Waals surface area (Å²) < 4.78 is 89.0. The minimum Gasteiger partial charge on any atom is -0.493 e. The molecule has 2 heterocycles. The number of alkyl halides is 5. The first-order valence-corrected chi connectivity index (χ1v) is 10.0. The molecule has 2 aromatic heterocycles. The Hall–Kier alpha value is -2.95. The Labute approximate surface area is 188 Å². The van der Waals surface area contributed by atoms with Crippen molar-refractivity contribution in [1.29, 1.82) is 0 Å². The zero-order valence-electron chi connectivity index (χ0n) is 16.9. The summed E-state index contributed by atoms with van der Waals surface area (Å²) in [4.78, 5) is 10.6. The molecule has 5 nitrogen and oxygen atoms in total. The molecule has 1 aromatic carbocycles. The van der Waals surface area contributed by atoms with E-state index >= 15 is 0 Å². The number of H-pyrrole nitrogens is 1. The van der Waals surface area contributed by atoms with Gasteiger partial charge in [-0.2, -0.15) is 13.2 Å². The van der Waals surface area contributed by atoms with Crippen LogP contribution in [0, 0.1) is 5.82 Å². The first-order valence-electron chi connectivity index (χ1n) is 9.63. The molecule has 1 aliphatic rings. The van der Waals surface area contributed by atoms with Gasteiger partial charge >= 0.3 is 6.18 Å². The number of rotatable bonds is 6. The Morgan fingerprint density at radius 1 is 1.18 bits per heavy atom. The van der Waals surface area contributed by atoms with E-state index in [9.17, 15) is 26.3 Å². The SMILES string of the molecule is COc1cc(-c2nc(C3CC(F)(F)C3)[nH]c2Cl)ccc1OCc1ncc(C(F)(F)F)cc1F. The quantitative estimate of drug-likeness (QED) is 0.406. The zero-order valence-corrected chi connectivity index (χ0v) is 17.7. The number of hydrogen-bond acceptors (Lipinski definition) is 4. The summed E-state index contributed by atoms with van der Waals surface area (Å²) in [5.74, 6) is -3.51. The lowest BCUT2D eigenvalue weighted by Gasteiger charge is -2.33. The highest BCUT2D eigenvalue weighted by Gasteiger charge is 2.47. The van der Waals surface area contributed by atoms with E-state index in [-0.39, 0.29) is 35.2 Å². The highest BCUT2D eigenvalue weighted by Crippen LogP contribution is 2.48. The molecule has 0 aliphatic heterocycles. The number of methoxy groups -OCH3 is 1. The Morgan fingerprint density at radius 2 is 1.91 bits per heavy atom. The van der Waals surface area contributed by atoms with Crippen molar-refractivity contribution in [2.24, 2.45) is 0 Å². The number of nitrogens with one attached hydrogen (secondary N) is 1. The molecular formula is C21H16ClF6N3O2. The minimum absolute atomic E-state index is 0.173. The first-order chi connectivity index (χ1) is 15.5. The van der Waals surface area contributed by atoms with Crippen molar-refractivity contribution in [1.82, 2.24) is 15.0 Å². The van der Waals surface area contributed by atoms with E-state index in [1.54, 1.807) is 6.07 Å². The standard InChI is InChI=1S/C21H16ClF6N3O2/c1-32-16-4-10(17-18(22)31-19(30-17)11-6-20(24,25)7-11)2-3-15(16)33-9-14-13(23)5-12(8-29-14)21(26,27)28/h2-5,8,11H,6-7,9H2,1H3,(H,30,31). The molecule has 3 aromatic rings. The second-order valence-electron chi connectivity index (χ2n) is 7.55. The minimum atomic E-state index is -4.71. The van der Waals surface area contributed by atoms with Crippen molar-refractivity contribution in [3.05, 3.63) is 58.5 Å². The molecule has 0 radical (unpaired) electrons. The van der Waals surface area contributed by atoms with Crippen LogP contribution in [0.2, 0.25) is 5.15 Å². The lowest BCUT2D eigenvalue weighted by Crippen LogP contribution is -2.34. The summed E-state index contributed by atoms with van der Waals surface area (Å²) in [5, 5.41) is 0.173. The largest absolute Gasteiger partial charge is 0.493 e. The van der Waals surface area contributed by atoms with E-state index in [0.717, 1.165) is 0 Å². The van der Waals surface area contributed by atoms with Crippen molar-refractivity contribution >= 4 is 11.6 Å². The number of halogens is 7. The molecule has 0 atom stereocenters. The molecule has 1 saturated carbocycles. The molecule has 4 rings (SSSR count). The number of nitrogens with zero attached hydrogens (tertiary/aromatic N) is 2. The van der Waals surface area contributed by atoms with Crippen molar-refractivity contribution in [2.45, 2.75) is 37.5 Å². The van der Waals surface area contributed by atoms with Crippen molar-refractivity contribution in [3.8, 4) is 22.8 Å². The molecule has 0 saturated heterocycles. The maximum absolute atomic E-state index is 14.0. The summed E-state index contributed by atoms with van der Waals surface area (Å²) in [5.41, 5.74) is -0.670. The molecule has 0 amide bonds. The van der Waals surface area contributed by atoms with Crippen molar-refractivity contribution in [2.75, 3.05) is 7.11 Å². The van der Waals surface area contributed by atoms with Gasteiger partial charge in [-0.25, -0.2) is 18.2 Å². The van der Waals surface area contributed by atoms with Gasteiger partial charge < -0.3 is 14.5 Å². The second kappa shape index (κ2) is 8.44. The van der Waals surface area contributed by atoms with Gasteiger partial charge in [0.2, 0.25) is 5.92 Å². The number of imidazole rings is 1. The van der Waals surface area contributed by atoms with Crippen molar-refractivity contribution < 1.29 is 35.8 Å². The van der Waals surface area contributed by atoms with Crippen LogP contribution in [0.15, 0.2) is 30.5 Å². The van der Waals surface area contributed by atoms with E-state index in [4.69, 9.17) is 21.1 Å². The average molecular weight is 492 g/mol. The first kappa shape index (κ1) is 23.2. The Morgan fingerprint density at radius 3 is 2.52 bits per heavy atom. The molecule has 12 heteroatoms. The molecule has 0 bridgehead atoms. The summed E-state index contributed by atoms with van der Waals surface area (Å²) >= 11 is 6.21. The predicted octanol–water partition coefficient (Wildman–Crippen LogP) is 6.38. The fourth-order valence-corrected chi connectivity index (χ4v) is 3.66. The molecule has 33 heavy (non-hydrogen) atoms. The van der Waals surface area contributed by atoms with Crippen LogP contribution >= 0.6 is 11.6 Å². The second-order valence-corrected chi connectivity index (χ2v) is 7.93. The van der Waals surface area contributed by atoms with Gasteiger partial charge in [0, 0.05) is 30.5 Å². The summed E-state index contributed by atoms with van der Waals surface area (Å²) in [6.45, 7) is -0.442. The van der Waals surface area contributed by atoms with E-state index in [0.29, 0.717) is 29.3 Å². The monoisotopic (exact) mass is 491 g/mol. The third kappa shape index (κ3) is 4.87. The van der Waals surface area contributed by atoms with Gasteiger partial charge in [-0.15, -0.1) is 0 Å². The van der Waals surface area contributed by atoms with Gasteiger partial charge in [0.25, 0.3) is 0 Å². The van der Waals surface area contributed by atoms with Gasteiger partial charge in [0.1, 0.15) is 34.8 Å². The number of ether oxygens (including phenoxy) is 2. The molecular weight excluding hydrogens is 476 g/mol. The van der Waals surface area contributed by atoms with Gasteiger partial charge in [-0.3, -0.25) is 4.98 Å². The maximum Gasteiger partial charge on any atom is 0.417 e. The fourth-order valence-electron chi connectivity index (χ4n) is 3.42. The summed E-state index contributed by atoms with van der Waals surface area (Å²) in [7, 11) is 1.36. The third-order valence-corrected chi connectivity index (χ3v) is 5.47. The number of benzene rings is 1. The van der Waals surface area contributed by atoms with Gasteiger partial charge in [0.15, 0.2) is 11.5 Å². The molecule has 176 valence electrons. The van der Waals surface area contributed by atoms with Gasteiger partial charge in [-0.05, 0) is 24.3 Å². The number of pyridine rings is 1. The van der Waals surface area contributed by atoms with Crippen LogP contribution in [0.5, 0.6) is 11.5 Å². The fraction of sp³-hybridized carbons (Fsp3) is 0.333. The Kier molecular flexibility index (Phi) is 5.94. The normalized spacial score (nSPS) is 15.9. The lowest BCUT2D eigenvalue weighted by atomic mass is 9.81. The van der Waals surface area contributed by atoms with Gasteiger partial charge in [0.05, 0.1) is 12.7 Å². The smallest absolute Gasteiger partial charge is 0.417 e. The summed E-state index contributed by atoms with van der Waals surface area (Å²) in [6.07, 6.45) is -4.79. The van der Waals surface area contributed by atoms with Crippen LogP contribution in [0.3, 0.4) is 0 Å². The molecule has 1 aliphatic carbocycles. The highest BCUT2D eigenvalue weighted by atomic mass is 35.5. The summed E-state index contributed by atoms with van der Waals surface area (Å²) in [6, 6.07) is 4.95. The van der Waals surface area contributed by atoms with Crippen LogP contribution in [-0.4, -0.2) is 28.0 Å². The number of hydrogen-bond donors (Lipinski definition) is 1. The highest BCUT2D eigenvalue weighted by molar-refractivity contribution is 6.31. The van der Waals surface area contributed by atoms with Crippen LogP contribution < -0.4 is 9.47 Å². The predicted molar refractivity (Wildman–Crippen MR) is 106 cm³/mol. The Balaban J connectivity index is 1.51. The van der Waals surface area contributed by atoms with Crippen LogP contribution in [-0.2, 0) is 12.8 Å². The number of aromatic nitrogens is 3. The average Bonchev–Trinajstić information content (AvgIpc) is 3.11. The van der Waals surface area contributed by atoms with E-state index in [1.165, 1.54) is 19.2 Å². The van der Waals surface area contributed by atoms with Crippen LogP contribution in [0.25, 0.3) is 11.3 Å². The Bertz CT molecular complexity index is 1170. The third-order valence-electron chi connectivity index (χ3n) is 5.20. The maximum atomic E-state index is 14.0. The number of aromatic amines is 1. The molecule has 1 N–H and O–H groups in total. The molecule has 1 fully saturated rings. The molecule has 0 spiro atoms. The van der Waals surface area contributed by atoms with E-state index in [1.807, 2.05) is 0 Å². The van der Waals surface area contributed by atoms with Crippen LogP contribution in [0.1, 0.15) is 35.8 Å². The van der Waals surface area contributed by atoms with Crippen molar-refractivity contribution in [3.63, 3.8) is 0 Å².